The van der Waals surface area contributed by atoms with Crippen LogP contribution in [-0.4, -0.2) is 39.0 Å². The lowest BCUT2D eigenvalue weighted by Gasteiger charge is -2.18. The second kappa shape index (κ2) is 6.89. The predicted octanol–water partition coefficient (Wildman–Crippen LogP) is 0.785. The highest BCUT2D eigenvalue weighted by Crippen LogP contribution is 2.18. The summed E-state index contributed by atoms with van der Waals surface area (Å²) in [4.78, 5) is 0. The first-order valence-electron chi connectivity index (χ1n) is 5.92. The van der Waals surface area contributed by atoms with Gasteiger partial charge in [0.05, 0.1) is 13.2 Å². The van der Waals surface area contributed by atoms with Crippen molar-refractivity contribution in [1.29, 1.82) is 0 Å². The van der Waals surface area contributed by atoms with Crippen molar-refractivity contribution < 1.29 is 17.6 Å². The highest BCUT2D eigenvalue weighted by atomic mass is 32.2. The summed E-state index contributed by atoms with van der Waals surface area (Å²) in [5.41, 5.74) is 5.39. The number of likely N-dealkylation sites (N-methyl/N-ethyl adjacent to an activating group) is 1. The van der Waals surface area contributed by atoms with E-state index in [1.54, 1.807) is 13.0 Å². The van der Waals surface area contributed by atoms with Crippen molar-refractivity contribution in [1.82, 2.24) is 4.31 Å². The summed E-state index contributed by atoms with van der Waals surface area (Å²) in [6.07, 6.45) is 0. The van der Waals surface area contributed by atoms with E-state index in [0.29, 0.717) is 32.1 Å². The number of hydrogen-bond donors (Lipinski definition) is 1. The molecule has 0 bridgehead atoms. The smallest absolute Gasteiger partial charge is 0.276 e. The van der Waals surface area contributed by atoms with Crippen molar-refractivity contribution in [3.05, 3.63) is 17.9 Å². The Labute approximate surface area is 108 Å². The Hall–Kier alpha value is -0.890. The largest absolute Gasteiger partial charge is 0.447 e. The molecule has 104 valence electrons. The molecule has 2 N–H and O–H groups in total. The molecule has 6 nitrogen and oxygen atoms in total. The minimum atomic E-state index is -3.59. The molecule has 0 aliphatic rings. The molecule has 1 aromatic rings. The molecule has 0 fully saturated rings. The monoisotopic (exact) mass is 276 g/mol. The molecule has 0 unspecified atom stereocenters. The van der Waals surface area contributed by atoms with Gasteiger partial charge in [0.2, 0.25) is 5.09 Å². The standard InChI is InChI=1S/C11H20N2O4S/c1-3-13(7-8-16-4-2)18(14,15)11-6-5-10(9-12)17-11/h5-6H,3-4,7-9,12H2,1-2H3. The number of furan rings is 1. The van der Waals surface area contributed by atoms with E-state index >= 15 is 0 Å². The number of nitrogens with two attached hydrogens (primary N) is 1. The van der Waals surface area contributed by atoms with Crippen LogP contribution in [-0.2, 0) is 21.3 Å². The molecule has 0 saturated heterocycles. The zero-order valence-electron chi connectivity index (χ0n) is 10.8. The van der Waals surface area contributed by atoms with E-state index in [0.717, 1.165) is 0 Å². The van der Waals surface area contributed by atoms with Crippen LogP contribution in [0.4, 0.5) is 0 Å². The first-order chi connectivity index (χ1) is 8.56. The molecule has 0 radical (unpaired) electrons. The van der Waals surface area contributed by atoms with Gasteiger partial charge in [-0.1, -0.05) is 6.92 Å². The van der Waals surface area contributed by atoms with E-state index in [1.807, 2.05) is 6.92 Å². The van der Waals surface area contributed by atoms with Crippen LogP contribution in [0.1, 0.15) is 19.6 Å². The molecule has 18 heavy (non-hydrogen) atoms. The van der Waals surface area contributed by atoms with Gasteiger partial charge in [0.25, 0.3) is 10.0 Å². The molecule has 0 spiro atoms. The Bertz CT molecular complexity index is 455. The Morgan fingerprint density at radius 1 is 1.39 bits per heavy atom. The van der Waals surface area contributed by atoms with E-state index in [2.05, 4.69) is 0 Å². The highest BCUT2D eigenvalue weighted by Gasteiger charge is 2.26. The molecule has 1 rings (SSSR count). The van der Waals surface area contributed by atoms with Gasteiger partial charge in [0, 0.05) is 19.7 Å². The second-order valence-electron chi connectivity index (χ2n) is 3.62. The number of sulfonamides is 1. The Morgan fingerprint density at radius 3 is 2.61 bits per heavy atom. The van der Waals surface area contributed by atoms with Gasteiger partial charge < -0.3 is 14.9 Å². The minimum absolute atomic E-state index is 0.0682. The summed E-state index contributed by atoms with van der Waals surface area (Å²) in [6.45, 7) is 5.44. The summed E-state index contributed by atoms with van der Waals surface area (Å²) in [7, 11) is -3.59. The fourth-order valence-electron chi connectivity index (χ4n) is 1.49. The quantitative estimate of drug-likeness (QED) is 0.709. The lowest BCUT2D eigenvalue weighted by Crippen LogP contribution is -2.33. The number of ether oxygens (including phenoxy) is 1. The summed E-state index contributed by atoms with van der Waals surface area (Å²) in [5.74, 6) is 0.453. The second-order valence-corrected chi connectivity index (χ2v) is 5.49. The third-order valence-electron chi connectivity index (χ3n) is 2.47. The lowest BCUT2D eigenvalue weighted by atomic mass is 10.5. The van der Waals surface area contributed by atoms with Gasteiger partial charge in [0.1, 0.15) is 5.76 Å². The third kappa shape index (κ3) is 3.55. The highest BCUT2D eigenvalue weighted by molar-refractivity contribution is 7.89. The van der Waals surface area contributed by atoms with Crippen molar-refractivity contribution in [2.75, 3.05) is 26.3 Å². The molecule has 0 atom stereocenters. The summed E-state index contributed by atoms with van der Waals surface area (Å²) in [5, 5.41) is -0.0682. The topological polar surface area (TPSA) is 85.8 Å². The van der Waals surface area contributed by atoms with Crippen LogP contribution in [0.25, 0.3) is 0 Å². The Balaban J connectivity index is 2.82. The fraction of sp³-hybridized carbons (Fsp3) is 0.636. The molecule has 0 aliphatic carbocycles. The number of rotatable bonds is 8. The fourth-order valence-corrected chi connectivity index (χ4v) is 2.85. The first-order valence-corrected chi connectivity index (χ1v) is 7.36. The first kappa shape index (κ1) is 15.2. The van der Waals surface area contributed by atoms with Gasteiger partial charge in [-0.2, -0.15) is 4.31 Å². The summed E-state index contributed by atoms with van der Waals surface area (Å²) in [6, 6.07) is 3.00. The molecule has 1 heterocycles. The van der Waals surface area contributed by atoms with Crippen molar-refractivity contribution in [2.45, 2.75) is 25.5 Å². The maximum Gasteiger partial charge on any atom is 0.276 e. The van der Waals surface area contributed by atoms with Crippen LogP contribution in [0.5, 0.6) is 0 Å². The van der Waals surface area contributed by atoms with Crippen molar-refractivity contribution in [3.63, 3.8) is 0 Å². The van der Waals surface area contributed by atoms with E-state index in [1.165, 1.54) is 10.4 Å². The zero-order valence-corrected chi connectivity index (χ0v) is 11.6. The van der Waals surface area contributed by atoms with Gasteiger partial charge in [-0.15, -0.1) is 0 Å². The Kier molecular flexibility index (Phi) is 5.80. The van der Waals surface area contributed by atoms with Crippen LogP contribution in [0.3, 0.4) is 0 Å². The van der Waals surface area contributed by atoms with Crippen molar-refractivity contribution in [3.8, 4) is 0 Å². The number of hydrogen-bond acceptors (Lipinski definition) is 5. The molecule has 0 aliphatic heterocycles. The van der Waals surface area contributed by atoms with Crippen LogP contribution in [0.2, 0.25) is 0 Å². The van der Waals surface area contributed by atoms with E-state index < -0.39 is 10.0 Å². The minimum Gasteiger partial charge on any atom is -0.447 e. The maximum absolute atomic E-state index is 12.2. The average molecular weight is 276 g/mol. The van der Waals surface area contributed by atoms with Gasteiger partial charge in [-0.3, -0.25) is 0 Å². The van der Waals surface area contributed by atoms with Gasteiger partial charge in [-0.05, 0) is 19.1 Å². The predicted molar refractivity (Wildman–Crippen MR) is 67.5 cm³/mol. The van der Waals surface area contributed by atoms with Crippen molar-refractivity contribution in [2.24, 2.45) is 5.73 Å². The molecule has 7 heteroatoms. The third-order valence-corrected chi connectivity index (χ3v) is 4.32. The normalized spacial score (nSPS) is 12.2. The van der Waals surface area contributed by atoms with E-state index in [9.17, 15) is 8.42 Å². The lowest BCUT2D eigenvalue weighted by molar-refractivity contribution is 0.135. The van der Waals surface area contributed by atoms with Gasteiger partial charge in [0.15, 0.2) is 0 Å². The van der Waals surface area contributed by atoms with Gasteiger partial charge >= 0.3 is 0 Å². The number of nitrogens with zero attached hydrogens (tertiary/aromatic N) is 1. The Morgan fingerprint density at radius 2 is 2.11 bits per heavy atom. The SMILES string of the molecule is CCOCCN(CC)S(=O)(=O)c1ccc(CN)o1. The van der Waals surface area contributed by atoms with Gasteiger partial charge in [-0.25, -0.2) is 8.42 Å². The molecule has 0 aromatic carbocycles. The molecule has 0 amide bonds. The maximum atomic E-state index is 12.2. The summed E-state index contributed by atoms with van der Waals surface area (Å²) >= 11 is 0. The molecule has 0 saturated carbocycles. The molecular formula is C11H20N2O4S. The van der Waals surface area contributed by atoms with Crippen LogP contribution >= 0.6 is 0 Å². The van der Waals surface area contributed by atoms with Crippen molar-refractivity contribution >= 4 is 10.0 Å². The zero-order chi connectivity index (χ0) is 13.6. The summed E-state index contributed by atoms with van der Waals surface area (Å²) < 4.78 is 36.1. The van der Waals surface area contributed by atoms with Crippen LogP contribution in [0.15, 0.2) is 21.6 Å². The molecule has 1 aromatic heterocycles. The van der Waals surface area contributed by atoms with Crippen LogP contribution in [0, 0.1) is 0 Å². The van der Waals surface area contributed by atoms with E-state index in [-0.39, 0.29) is 11.6 Å². The van der Waals surface area contributed by atoms with E-state index in [4.69, 9.17) is 14.9 Å². The van der Waals surface area contributed by atoms with Crippen LogP contribution < -0.4 is 5.73 Å². The molecular weight excluding hydrogens is 256 g/mol. The average Bonchev–Trinajstić information content (AvgIpc) is 2.83.